The first-order valence-electron chi connectivity index (χ1n) is 6.19. The molecule has 0 amide bonds. The molecule has 1 N–H and O–H groups in total. The molecule has 1 aromatic carbocycles. The van der Waals surface area contributed by atoms with Crippen molar-refractivity contribution in [2.75, 3.05) is 0 Å². The number of hydrogen-bond donors (Lipinski definition) is 1. The van der Waals surface area contributed by atoms with Crippen molar-refractivity contribution >= 4 is 0 Å². The lowest BCUT2D eigenvalue weighted by Gasteiger charge is -2.22. The Balaban J connectivity index is 1.55. The molecular formula is C14H19N. The van der Waals surface area contributed by atoms with Gasteiger partial charge in [0.25, 0.3) is 0 Å². The first kappa shape index (κ1) is 9.41. The highest BCUT2D eigenvalue weighted by atomic mass is 14.9. The van der Waals surface area contributed by atoms with Crippen LogP contribution in [0.2, 0.25) is 0 Å². The zero-order valence-corrected chi connectivity index (χ0v) is 9.15. The lowest BCUT2D eigenvalue weighted by Crippen LogP contribution is -2.33. The molecule has 1 heteroatoms. The molecule has 2 fully saturated rings. The van der Waals surface area contributed by atoms with Crippen molar-refractivity contribution in [3.63, 3.8) is 0 Å². The molecule has 0 saturated heterocycles. The summed E-state index contributed by atoms with van der Waals surface area (Å²) < 4.78 is 0. The van der Waals surface area contributed by atoms with Gasteiger partial charge in [0, 0.05) is 12.6 Å². The maximum Gasteiger partial charge on any atom is 0.0208 e. The Morgan fingerprint density at radius 3 is 2.60 bits per heavy atom. The minimum Gasteiger partial charge on any atom is -0.310 e. The van der Waals surface area contributed by atoms with E-state index in [0.29, 0.717) is 0 Å². The molecule has 1 unspecified atom stereocenters. The van der Waals surface area contributed by atoms with Gasteiger partial charge in [0.15, 0.2) is 0 Å². The molecule has 3 rings (SSSR count). The van der Waals surface area contributed by atoms with Gasteiger partial charge in [0.1, 0.15) is 0 Å². The average molecular weight is 201 g/mol. The molecule has 0 heterocycles. The van der Waals surface area contributed by atoms with Crippen LogP contribution in [0.25, 0.3) is 0 Å². The molecule has 0 aromatic heterocycles. The fourth-order valence-corrected chi connectivity index (χ4v) is 3.34. The highest BCUT2D eigenvalue weighted by Gasteiger charge is 2.38. The quantitative estimate of drug-likeness (QED) is 0.792. The second-order valence-corrected chi connectivity index (χ2v) is 5.15. The lowest BCUT2D eigenvalue weighted by molar-refractivity contribution is 0.351. The molecule has 2 saturated carbocycles. The van der Waals surface area contributed by atoms with Gasteiger partial charge in [-0.2, -0.15) is 0 Å². The summed E-state index contributed by atoms with van der Waals surface area (Å²) in [5, 5.41) is 3.73. The average Bonchev–Trinajstić information content (AvgIpc) is 2.89. The third-order valence-electron chi connectivity index (χ3n) is 4.15. The van der Waals surface area contributed by atoms with Crippen LogP contribution >= 0.6 is 0 Å². The SMILES string of the molecule is c1ccc(CNC2C[C@H]3CC[C@@H]2C3)cc1. The number of benzene rings is 1. The molecule has 1 aromatic rings. The first-order chi connectivity index (χ1) is 7.42. The van der Waals surface area contributed by atoms with E-state index >= 15 is 0 Å². The number of hydrogen-bond acceptors (Lipinski definition) is 1. The Morgan fingerprint density at radius 2 is 1.93 bits per heavy atom. The van der Waals surface area contributed by atoms with Gasteiger partial charge in [-0.3, -0.25) is 0 Å². The second kappa shape index (κ2) is 3.97. The summed E-state index contributed by atoms with van der Waals surface area (Å²) in [4.78, 5) is 0. The predicted octanol–water partition coefficient (Wildman–Crippen LogP) is 2.96. The highest BCUT2D eigenvalue weighted by molar-refractivity contribution is 5.14. The third-order valence-corrected chi connectivity index (χ3v) is 4.15. The Labute approximate surface area is 91.9 Å². The van der Waals surface area contributed by atoms with E-state index in [1.165, 1.54) is 31.2 Å². The Kier molecular flexibility index (Phi) is 2.49. The molecule has 80 valence electrons. The topological polar surface area (TPSA) is 12.0 Å². The van der Waals surface area contributed by atoms with Crippen LogP contribution in [-0.4, -0.2) is 6.04 Å². The van der Waals surface area contributed by atoms with Crippen molar-refractivity contribution in [2.45, 2.75) is 38.3 Å². The van der Waals surface area contributed by atoms with Gasteiger partial charge in [0.05, 0.1) is 0 Å². The van der Waals surface area contributed by atoms with Gasteiger partial charge in [-0.25, -0.2) is 0 Å². The van der Waals surface area contributed by atoms with Crippen LogP contribution in [-0.2, 0) is 6.54 Å². The maximum absolute atomic E-state index is 3.73. The third kappa shape index (κ3) is 1.93. The van der Waals surface area contributed by atoms with E-state index < -0.39 is 0 Å². The van der Waals surface area contributed by atoms with Crippen LogP contribution in [0.5, 0.6) is 0 Å². The summed E-state index contributed by atoms with van der Waals surface area (Å²) >= 11 is 0. The van der Waals surface area contributed by atoms with E-state index in [0.717, 1.165) is 24.4 Å². The van der Waals surface area contributed by atoms with Crippen LogP contribution in [0.1, 0.15) is 31.2 Å². The highest BCUT2D eigenvalue weighted by Crippen LogP contribution is 2.44. The Morgan fingerprint density at radius 1 is 1.07 bits per heavy atom. The van der Waals surface area contributed by atoms with E-state index in [2.05, 4.69) is 35.6 Å². The van der Waals surface area contributed by atoms with Crippen LogP contribution in [0, 0.1) is 11.8 Å². The molecular weight excluding hydrogens is 182 g/mol. The minimum absolute atomic E-state index is 0.809. The summed E-state index contributed by atoms with van der Waals surface area (Å²) in [5.41, 5.74) is 1.42. The van der Waals surface area contributed by atoms with Crippen molar-refractivity contribution in [2.24, 2.45) is 11.8 Å². The molecule has 0 aliphatic heterocycles. The Bertz CT molecular complexity index is 319. The first-order valence-corrected chi connectivity index (χ1v) is 6.19. The second-order valence-electron chi connectivity index (χ2n) is 5.15. The summed E-state index contributed by atoms with van der Waals surface area (Å²) in [6.45, 7) is 1.05. The van der Waals surface area contributed by atoms with Crippen molar-refractivity contribution < 1.29 is 0 Å². The number of rotatable bonds is 3. The lowest BCUT2D eigenvalue weighted by atomic mass is 9.95. The summed E-state index contributed by atoms with van der Waals surface area (Å²) in [6, 6.07) is 11.6. The zero-order chi connectivity index (χ0) is 10.1. The maximum atomic E-state index is 3.73. The summed E-state index contributed by atoms with van der Waals surface area (Å²) in [7, 11) is 0. The monoisotopic (exact) mass is 201 g/mol. The van der Waals surface area contributed by atoms with Crippen LogP contribution < -0.4 is 5.32 Å². The fourth-order valence-electron chi connectivity index (χ4n) is 3.34. The smallest absolute Gasteiger partial charge is 0.0208 e. The molecule has 0 radical (unpaired) electrons. The molecule has 3 atom stereocenters. The standard InChI is InChI=1S/C14H19N/c1-2-4-11(5-3-1)10-15-14-9-12-6-7-13(14)8-12/h1-5,12-15H,6-10H2/t12-,13+,14?/m0/s1. The molecule has 2 aliphatic rings. The van der Waals surface area contributed by atoms with Gasteiger partial charge < -0.3 is 5.32 Å². The number of fused-ring (bicyclic) bond motifs is 2. The van der Waals surface area contributed by atoms with E-state index in [1.54, 1.807) is 0 Å². The zero-order valence-electron chi connectivity index (χ0n) is 9.15. The molecule has 15 heavy (non-hydrogen) atoms. The van der Waals surface area contributed by atoms with Crippen molar-refractivity contribution in [3.05, 3.63) is 35.9 Å². The Hall–Kier alpha value is -0.820. The van der Waals surface area contributed by atoms with Crippen molar-refractivity contribution in [1.82, 2.24) is 5.32 Å². The summed E-state index contributed by atoms with van der Waals surface area (Å²) in [5.74, 6) is 2.03. The van der Waals surface area contributed by atoms with E-state index in [-0.39, 0.29) is 0 Å². The molecule has 0 spiro atoms. The van der Waals surface area contributed by atoms with Gasteiger partial charge in [-0.15, -0.1) is 0 Å². The number of nitrogens with one attached hydrogen (secondary N) is 1. The fraction of sp³-hybridized carbons (Fsp3) is 0.571. The van der Waals surface area contributed by atoms with Gasteiger partial charge in [-0.1, -0.05) is 36.8 Å². The van der Waals surface area contributed by atoms with Crippen LogP contribution in [0.4, 0.5) is 0 Å². The van der Waals surface area contributed by atoms with Gasteiger partial charge in [0.2, 0.25) is 0 Å². The van der Waals surface area contributed by atoms with Crippen molar-refractivity contribution in [3.8, 4) is 0 Å². The molecule has 2 bridgehead atoms. The predicted molar refractivity (Wildman–Crippen MR) is 62.5 cm³/mol. The van der Waals surface area contributed by atoms with Gasteiger partial charge in [-0.05, 0) is 36.7 Å². The van der Waals surface area contributed by atoms with Crippen LogP contribution in [0.15, 0.2) is 30.3 Å². The van der Waals surface area contributed by atoms with E-state index in [9.17, 15) is 0 Å². The van der Waals surface area contributed by atoms with Crippen molar-refractivity contribution in [1.29, 1.82) is 0 Å². The molecule has 2 aliphatic carbocycles. The minimum atomic E-state index is 0.809. The largest absolute Gasteiger partial charge is 0.310 e. The van der Waals surface area contributed by atoms with E-state index in [4.69, 9.17) is 0 Å². The van der Waals surface area contributed by atoms with Gasteiger partial charge >= 0.3 is 0 Å². The van der Waals surface area contributed by atoms with Crippen LogP contribution in [0.3, 0.4) is 0 Å². The summed E-state index contributed by atoms with van der Waals surface area (Å²) in [6.07, 6.45) is 5.88. The van der Waals surface area contributed by atoms with E-state index in [1.807, 2.05) is 0 Å². The normalized spacial score (nSPS) is 33.5. The molecule has 1 nitrogen and oxygen atoms in total.